The van der Waals surface area contributed by atoms with Crippen LogP contribution in [0.25, 0.3) is 11.5 Å². The molecule has 0 unspecified atom stereocenters. The largest absolute Gasteiger partial charge is 0.322 e. The van der Waals surface area contributed by atoms with Crippen LogP contribution in [0.1, 0.15) is 46.6 Å². The molecule has 196 valence electrons. The maximum Gasteiger partial charge on any atom is 0.322 e. The van der Waals surface area contributed by atoms with Crippen molar-refractivity contribution in [2.45, 2.75) is 39.8 Å². The van der Waals surface area contributed by atoms with Gasteiger partial charge in [-0.3, -0.25) is 0 Å². The van der Waals surface area contributed by atoms with Gasteiger partial charge in [0.1, 0.15) is 5.82 Å². The number of anilines is 1. The topological polar surface area (TPSA) is 55.1 Å². The average Bonchev–Trinajstić information content (AvgIpc) is 3.52. The van der Waals surface area contributed by atoms with Crippen LogP contribution in [0.5, 0.6) is 0 Å². The molecule has 0 spiro atoms. The Morgan fingerprint density at radius 1 is 1.00 bits per heavy atom. The predicted octanol–water partition coefficient (Wildman–Crippen LogP) is 7.63. The molecule has 7 heteroatoms. The number of carbonyl (C=O) groups excluding carboxylic acids is 1. The number of rotatable bonds is 4. The Bertz CT molecular complexity index is 1670. The fourth-order valence-electron chi connectivity index (χ4n) is 5.47. The first-order chi connectivity index (χ1) is 19.0. The number of aromatic nitrogens is 3. The highest BCUT2D eigenvalue weighted by Crippen LogP contribution is 2.39. The number of halogens is 1. The van der Waals surface area contributed by atoms with E-state index in [9.17, 15) is 4.79 Å². The number of urea groups is 1. The van der Waals surface area contributed by atoms with Crippen LogP contribution >= 0.6 is 11.6 Å². The summed E-state index contributed by atoms with van der Waals surface area (Å²) in [6.45, 7) is 6.51. The minimum absolute atomic E-state index is 0.193. The third kappa shape index (κ3) is 4.41. The van der Waals surface area contributed by atoms with Gasteiger partial charge in [0.25, 0.3) is 0 Å². The number of nitrogens with zero attached hydrogens (tertiary/aromatic N) is 4. The van der Waals surface area contributed by atoms with E-state index in [-0.39, 0.29) is 12.1 Å². The van der Waals surface area contributed by atoms with Gasteiger partial charge in [-0.15, -0.1) is 0 Å². The number of benzene rings is 3. The van der Waals surface area contributed by atoms with Gasteiger partial charge >= 0.3 is 6.03 Å². The van der Waals surface area contributed by atoms with Crippen molar-refractivity contribution in [3.8, 4) is 11.5 Å². The molecule has 1 aliphatic rings. The summed E-state index contributed by atoms with van der Waals surface area (Å²) in [5.41, 5.74) is 7.71. The van der Waals surface area contributed by atoms with Gasteiger partial charge in [0.15, 0.2) is 0 Å². The molecule has 1 aliphatic heterocycles. The smallest absolute Gasteiger partial charge is 0.307 e. The summed E-state index contributed by atoms with van der Waals surface area (Å²) in [6.07, 6.45) is 2.82. The van der Waals surface area contributed by atoms with Gasteiger partial charge in [-0.05, 0) is 67.8 Å². The van der Waals surface area contributed by atoms with Crippen molar-refractivity contribution < 1.29 is 4.79 Å². The Morgan fingerprint density at radius 3 is 2.56 bits per heavy atom. The molecule has 6 nitrogen and oxygen atoms in total. The Balaban J connectivity index is 1.56. The van der Waals surface area contributed by atoms with Crippen LogP contribution in [0.3, 0.4) is 0 Å². The van der Waals surface area contributed by atoms with Crippen LogP contribution in [0, 0.1) is 13.8 Å². The highest BCUT2D eigenvalue weighted by molar-refractivity contribution is 6.31. The molecule has 0 fully saturated rings. The molecule has 0 saturated heterocycles. The molecule has 3 heterocycles. The molecule has 0 radical (unpaired) electrons. The lowest BCUT2D eigenvalue weighted by Gasteiger charge is -2.31. The quantitative estimate of drug-likeness (QED) is 0.257. The van der Waals surface area contributed by atoms with Gasteiger partial charge in [-0.2, -0.15) is 5.10 Å². The summed E-state index contributed by atoms with van der Waals surface area (Å²) in [7, 11) is 0. The van der Waals surface area contributed by atoms with E-state index in [0.29, 0.717) is 17.3 Å². The molecule has 2 amide bonds. The molecular formula is C32H30ClN5O. The van der Waals surface area contributed by atoms with E-state index in [1.165, 1.54) is 0 Å². The first-order valence-electron chi connectivity index (χ1n) is 13.2. The number of fused-ring (bicyclic) bond motifs is 3. The summed E-state index contributed by atoms with van der Waals surface area (Å²) >= 11 is 6.39. The summed E-state index contributed by atoms with van der Waals surface area (Å²) in [6, 6.07) is 27.8. The minimum atomic E-state index is -0.319. The number of amides is 2. The second kappa shape index (κ2) is 10.1. The summed E-state index contributed by atoms with van der Waals surface area (Å²) in [5, 5.41) is 8.81. The van der Waals surface area contributed by atoms with Gasteiger partial charge in [-0.25, -0.2) is 9.48 Å². The molecular weight excluding hydrogens is 506 g/mol. The minimum Gasteiger partial charge on any atom is -0.307 e. The van der Waals surface area contributed by atoms with Crippen molar-refractivity contribution in [3.05, 3.63) is 130 Å². The number of aryl methyl sites for hydroxylation is 2. The number of hydrogen-bond donors (Lipinski definition) is 1. The highest BCUT2D eigenvalue weighted by Gasteiger charge is 2.36. The molecule has 2 aromatic heterocycles. The second-order valence-electron chi connectivity index (χ2n) is 9.94. The van der Waals surface area contributed by atoms with E-state index in [0.717, 1.165) is 51.6 Å². The van der Waals surface area contributed by atoms with Gasteiger partial charge in [0, 0.05) is 22.5 Å². The molecule has 0 bridgehead atoms. The van der Waals surface area contributed by atoms with Crippen molar-refractivity contribution in [2.75, 3.05) is 5.32 Å². The van der Waals surface area contributed by atoms with E-state index < -0.39 is 0 Å². The molecule has 0 saturated carbocycles. The fourth-order valence-corrected chi connectivity index (χ4v) is 5.64. The van der Waals surface area contributed by atoms with E-state index in [1.54, 1.807) is 0 Å². The Hall–Kier alpha value is -4.29. The van der Waals surface area contributed by atoms with E-state index in [2.05, 4.69) is 72.4 Å². The summed E-state index contributed by atoms with van der Waals surface area (Å²) in [4.78, 5) is 16.1. The first-order valence-corrected chi connectivity index (χ1v) is 13.6. The van der Waals surface area contributed by atoms with Crippen LogP contribution in [-0.4, -0.2) is 25.3 Å². The van der Waals surface area contributed by atoms with Crippen LogP contribution in [-0.2, 0) is 13.0 Å². The van der Waals surface area contributed by atoms with E-state index in [4.69, 9.17) is 16.7 Å². The maximum absolute atomic E-state index is 14.2. The molecule has 6 rings (SSSR count). The second-order valence-corrected chi connectivity index (χ2v) is 10.3. The van der Waals surface area contributed by atoms with Gasteiger partial charge in [0.2, 0.25) is 0 Å². The molecule has 5 aromatic rings. The van der Waals surface area contributed by atoms with E-state index >= 15 is 0 Å². The third-order valence-corrected chi connectivity index (χ3v) is 7.84. The zero-order valence-corrected chi connectivity index (χ0v) is 23.0. The highest BCUT2D eigenvalue weighted by atomic mass is 35.5. The Morgan fingerprint density at radius 2 is 1.79 bits per heavy atom. The van der Waals surface area contributed by atoms with Crippen LogP contribution < -0.4 is 5.32 Å². The van der Waals surface area contributed by atoms with Crippen molar-refractivity contribution in [1.29, 1.82) is 0 Å². The van der Waals surface area contributed by atoms with Gasteiger partial charge in [-0.1, -0.05) is 72.6 Å². The van der Waals surface area contributed by atoms with Crippen LogP contribution in [0.4, 0.5) is 10.5 Å². The Labute approximate surface area is 233 Å². The summed E-state index contributed by atoms with van der Waals surface area (Å²) < 4.78 is 4.20. The molecule has 1 atom stereocenters. The van der Waals surface area contributed by atoms with Gasteiger partial charge in [0.05, 0.1) is 29.7 Å². The standard InChI is InChI=1S/C32H30ClN5O/c1-4-27-25-20-37(32(39)34-28-16-9-15-26(33)22(28)3)30(23-12-8-11-21(2)19-23)29-17-10-18-36(29)31(25)38(35-27)24-13-6-5-7-14-24/h5-19,30H,4,20H2,1-3H3,(H,34,39)/t30-/m1/s1. The number of carbonyl (C=O) groups is 1. The lowest BCUT2D eigenvalue weighted by molar-refractivity contribution is 0.194. The number of hydrogen-bond acceptors (Lipinski definition) is 2. The predicted molar refractivity (Wildman–Crippen MR) is 156 cm³/mol. The SMILES string of the molecule is CCc1nn(-c2ccccc2)c2c1CN(C(=O)Nc1cccc(Cl)c1C)[C@H](c1cccc(C)c1)c1cccn1-2. The number of nitrogens with one attached hydrogen (secondary N) is 1. The van der Waals surface area contributed by atoms with Crippen molar-refractivity contribution >= 4 is 23.3 Å². The zero-order valence-electron chi connectivity index (χ0n) is 22.2. The number of para-hydroxylation sites is 1. The van der Waals surface area contributed by atoms with Crippen LogP contribution in [0.15, 0.2) is 91.1 Å². The average molecular weight is 536 g/mol. The molecule has 0 aliphatic carbocycles. The monoisotopic (exact) mass is 535 g/mol. The Kier molecular flexibility index (Phi) is 6.49. The normalized spacial score (nSPS) is 14.5. The lowest BCUT2D eigenvalue weighted by Crippen LogP contribution is -2.38. The summed E-state index contributed by atoms with van der Waals surface area (Å²) in [5.74, 6) is 0.963. The van der Waals surface area contributed by atoms with Crippen molar-refractivity contribution in [3.63, 3.8) is 0 Å². The fraction of sp³-hybridized carbons (Fsp3) is 0.188. The molecule has 3 aromatic carbocycles. The van der Waals surface area contributed by atoms with Gasteiger partial charge < -0.3 is 14.8 Å². The maximum atomic E-state index is 14.2. The van der Waals surface area contributed by atoms with E-state index in [1.807, 2.05) is 59.0 Å². The lowest BCUT2D eigenvalue weighted by atomic mass is 10.00. The molecule has 39 heavy (non-hydrogen) atoms. The zero-order chi connectivity index (χ0) is 27.1. The van der Waals surface area contributed by atoms with Crippen molar-refractivity contribution in [2.24, 2.45) is 0 Å². The van der Waals surface area contributed by atoms with Crippen LogP contribution in [0.2, 0.25) is 5.02 Å². The molecule has 1 N–H and O–H groups in total. The van der Waals surface area contributed by atoms with Crippen molar-refractivity contribution in [1.82, 2.24) is 19.2 Å². The third-order valence-electron chi connectivity index (χ3n) is 7.43. The first kappa shape index (κ1) is 25.0.